The Hall–Kier alpha value is -3.61. The summed E-state index contributed by atoms with van der Waals surface area (Å²) in [4.78, 5) is 26.6. The van der Waals surface area contributed by atoms with Crippen molar-refractivity contribution in [2.75, 3.05) is 13.7 Å². The van der Waals surface area contributed by atoms with Gasteiger partial charge in [0.05, 0.1) is 24.5 Å². The lowest BCUT2D eigenvalue weighted by molar-refractivity contribution is -0.135. The molecule has 228 valence electrons. The Bertz CT molecular complexity index is 1470. The fraction of sp³-hybridized carbons (Fsp3) is 0.448. The quantitative estimate of drug-likeness (QED) is 0.195. The Kier molecular flexibility index (Phi) is 9.19. The number of rotatable bonds is 12. The molecule has 0 bridgehead atoms. The minimum absolute atomic E-state index is 0.0191. The molecule has 1 aliphatic heterocycles. The van der Waals surface area contributed by atoms with Crippen molar-refractivity contribution in [3.8, 4) is 11.5 Å². The molecule has 8 nitrogen and oxygen atoms in total. The van der Waals surface area contributed by atoms with Crippen molar-refractivity contribution in [3.05, 3.63) is 65.0 Å². The fourth-order valence-electron chi connectivity index (χ4n) is 4.85. The monoisotopic (exact) mass is 612 g/mol. The first-order valence-corrected chi connectivity index (χ1v) is 15.0. The van der Waals surface area contributed by atoms with E-state index in [0.717, 1.165) is 6.07 Å². The standard InChI is InChI=1S/C29H32F4N2O6S/c1-28(23-13-10-20(16-24(23)30)41-15-5-3-4-14-29(31,32)33)17-22(18-6-8-19(40-2)9-7-18)25(26(36)34-28)27(37)35-42(38,39)21-11-12-21/h6-10,13,16,21H,3-5,11-12,14-15,17H2,1-2H3,(H,34,36)(H,35,37)/t28-/m0/s1. The normalized spacial score (nSPS) is 19.3. The number of hydrogen-bond donors (Lipinski definition) is 2. The highest BCUT2D eigenvalue weighted by molar-refractivity contribution is 7.91. The molecule has 0 unspecified atom stereocenters. The van der Waals surface area contributed by atoms with E-state index in [9.17, 15) is 31.2 Å². The lowest BCUT2D eigenvalue weighted by atomic mass is 9.78. The van der Waals surface area contributed by atoms with Crippen LogP contribution in [-0.2, 0) is 25.2 Å². The molecule has 4 rings (SSSR count). The van der Waals surface area contributed by atoms with Gasteiger partial charge in [0.1, 0.15) is 22.9 Å². The van der Waals surface area contributed by atoms with Gasteiger partial charge >= 0.3 is 6.18 Å². The molecule has 2 N–H and O–H groups in total. The van der Waals surface area contributed by atoms with Crippen molar-refractivity contribution < 1.29 is 45.0 Å². The SMILES string of the molecule is COc1ccc(C2=C(C(=O)NS(=O)(=O)C3CC3)C(=O)N[C@](C)(c3ccc(OCCCCCC(F)(F)F)cc3F)C2)cc1. The van der Waals surface area contributed by atoms with E-state index in [1.165, 1.54) is 19.2 Å². The van der Waals surface area contributed by atoms with Crippen LogP contribution in [0.4, 0.5) is 17.6 Å². The first kappa shape index (κ1) is 31.3. The summed E-state index contributed by atoms with van der Waals surface area (Å²) < 4.78 is 89.9. The molecule has 2 amide bonds. The van der Waals surface area contributed by atoms with E-state index >= 15 is 4.39 Å². The zero-order valence-electron chi connectivity index (χ0n) is 23.1. The first-order valence-electron chi connectivity index (χ1n) is 13.5. The number of benzene rings is 2. The molecular weight excluding hydrogens is 580 g/mol. The molecule has 0 spiro atoms. The van der Waals surface area contributed by atoms with E-state index in [-0.39, 0.29) is 41.9 Å². The van der Waals surface area contributed by atoms with E-state index in [0.29, 0.717) is 37.0 Å². The van der Waals surface area contributed by atoms with E-state index in [2.05, 4.69) is 5.32 Å². The summed E-state index contributed by atoms with van der Waals surface area (Å²) >= 11 is 0. The highest BCUT2D eigenvalue weighted by Gasteiger charge is 2.43. The van der Waals surface area contributed by atoms with Crippen molar-refractivity contribution >= 4 is 27.4 Å². The molecule has 1 saturated carbocycles. The minimum Gasteiger partial charge on any atom is -0.497 e. The Morgan fingerprint density at radius 1 is 1.07 bits per heavy atom. The molecule has 0 aromatic heterocycles. The largest absolute Gasteiger partial charge is 0.497 e. The van der Waals surface area contributed by atoms with Gasteiger partial charge in [0.25, 0.3) is 11.8 Å². The number of carbonyl (C=O) groups is 2. The van der Waals surface area contributed by atoms with Crippen LogP contribution in [0.15, 0.2) is 48.0 Å². The Balaban J connectivity index is 1.56. The van der Waals surface area contributed by atoms with Gasteiger partial charge in [-0.25, -0.2) is 17.5 Å². The zero-order chi connectivity index (χ0) is 30.7. The number of unbranched alkanes of at least 4 members (excludes halogenated alkanes) is 2. The molecule has 1 aliphatic carbocycles. The zero-order valence-corrected chi connectivity index (χ0v) is 24.0. The number of ether oxygens (including phenoxy) is 2. The number of methoxy groups -OCH3 is 1. The van der Waals surface area contributed by atoms with E-state index in [1.54, 1.807) is 31.2 Å². The molecule has 13 heteroatoms. The Labute approximate surface area is 241 Å². The second kappa shape index (κ2) is 12.3. The predicted octanol–water partition coefficient (Wildman–Crippen LogP) is 5.13. The molecule has 2 aromatic rings. The highest BCUT2D eigenvalue weighted by Crippen LogP contribution is 2.40. The number of amides is 2. The molecule has 0 saturated heterocycles. The molecular formula is C29H32F4N2O6S. The van der Waals surface area contributed by atoms with E-state index in [1.807, 2.05) is 4.72 Å². The maximum atomic E-state index is 15.4. The minimum atomic E-state index is -4.20. The molecule has 2 aromatic carbocycles. The van der Waals surface area contributed by atoms with Gasteiger partial charge in [-0.2, -0.15) is 13.2 Å². The molecule has 2 aliphatic rings. The van der Waals surface area contributed by atoms with Gasteiger partial charge in [-0.3, -0.25) is 9.59 Å². The number of nitrogens with one attached hydrogen (secondary N) is 2. The van der Waals surface area contributed by atoms with Gasteiger partial charge in [-0.1, -0.05) is 18.2 Å². The first-order chi connectivity index (χ1) is 19.7. The lowest BCUT2D eigenvalue weighted by Crippen LogP contribution is -2.51. The predicted molar refractivity (Wildman–Crippen MR) is 147 cm³/mol. The van der Waals surface area contributed by atoms with Crippen molar-refractivity contribution in [2.24, 2.45) is 0 Å². The van der Waals surface area contributed by atoms with Crippen LogP contribution in [0.2, 0.25) is 0 Å². The van der Waals surface area contributed by atoms with Crippen LogP contribution in [0.25, 0.3) is 5.57 Å². The van der Waals surface area contributed by atoms with Crippen molar-refractivity contribution in [1.82, 2.24) is 10.0 Å². The van der Waals surface area contributed by atoms with Gasteiger partial charge in [0.2, 0.25) is 10.0 Å². The van der Waals surface area contributed by atoms with Gasteiger partial charge in [-0.05, 0) is 68.4 Å². The summed E-state index contributed by atoms with van der Waals surface area (Å²) in [5.74, 6) is -1.94. The number of halogens is 4. The van der Waals surface area contributed by atoms with Crippen LogP contribution in [0.5, 0.6) is 11.5 Å². The molecule has 1 heterocycles. The summed E-state index contributed by atoms with van der Waals surface area (Å²) in [7, 11) is -2.47. The fourth-order valence-corrected chi connectivity index (χ4v) is 6.13. The van der Waals surface area contributed by atoms with Crippen molar-refractivity contribution in [2.45, 2.75) is 68.8 Å². The maximum Gasteiger partial charge on any atom is 0.389 e. The maximum absolute atomic E-state index is 15.4. The topological polar surface area (TPSA) is 111 Å². The van der Waals surface area contributed by atoms with Crippen LogP contribution >= 0.6 is 0 Å². The van der Waals surface area contributed by atoms with E-state index in [4.69, 9.17) is 9.47 Å². The smallest absolute Gasteiger partial charge is 0.389 e. The van der Waals surface area contributed by atoms with Crippen molar-refractivity contribution in [1.29, 1.82) is 0 Å². The molecule has 42 heavy (non-hydrogen) atoms. The van der Waals surface area contributed by atoms with Gasteiger partial charge in [-0.15, -0.1) is 0 Å². The van der Waals surface area contributed by atoms with Gasteiger partial charge in [0, 0.05) is 24.5 Å². The molecule has 1 atom stereocenters. The number of sulfonamides is 1. The lowest BCUT2D eigenvalue weighted by Gasteiger charge is -2.37. The average molecular weight is 613 g/mol. The van der Waals surface area contributed by atoms with Gasteiger partial charge < -0.3 is 14.8 Å². The number of carbonyl (C=O) groups excluding carboxylic acids is 2. The van der Waals surface area contributed by atoms with Gasteiger partial charge in [0.15, 0.2) is 0 Å². The van der Waals surface area contributed by atoms with Crippen LogP contribution in [0.1, 0.15) is 63.0 Å². The number of hydrogen-bond acceptors (Lipinski definition) is 6. The third-order valence-electron chi connectivity index (χ3n) is 7.22. The third-order valence-corrected chi connectivity index (χ3v) is 9.04. The van der Waals surface area contributed by atoms with Crippen LogP contribution in [0, 0.1) is 5.82 Å². The summed E-state index contributed by atoms with van der Waals surface area (Å²) in [5.41, 5.74) is -0.925. The average Bonchev–Trinajstić information content (AvgIpc) is 3.76. The number of alkyl halides is 3. The highest BCUT2D eigenvalue weighted by atomic mass is 32.2. The van der Waals surface area contributed by atoms with Crippen LogP contribution in [-0.4, -0.2) is 45.4 Å². The second-order valence-corrected chi connectivity index (χ2v) is 12.6. The Morgan fingerprint density at radius 2 is 1.74 bits per heavy atom. The molecule has 0 radical (unpaired) electrons. The second-order valence-electron chi connectivity index (χ2n) is 10.6. The summed E-state index contributed by atoms with van der Waals surface area (Å²) in [6.07, 6.45) is -3.61. The molecule has 1 fully saturated rings. The summed E-state index contributed by atoms with van der Waals surface area (Å²) in [6.45, 7) is 1.70. The van der Waals surface area contributed by atoms with Crippen molar-refractivity contribution in [3.63, 3.8) is 0 Å². The van der Waals surface area contributed by atoms with E-state index < -0.39 is 51.0 Å². The summed E-state index contributed by atoms with van der Waals surface area (Å²) in [6, 6.07) is 10.5. The summed E-state index contributed by atoms with van der Waals surface area (Å²) in [5, 5.41) is 2.00. The van der Waals surface area contributed by atoms with Crippen LogP contribution < -0.4 is 19.5 Å². The van der Waals surface area contributed by atoms with Crippen LogP contribution in [0.3, 0.4) is 0 Å². The Morgan fingerprint density at radius 3 is 2.33 bits per heavy atom. The third kappa shape index (κ3) is 7.61.